The first-order valence-corrected chi connectivity index (χ1v) is 12.8. The van der Waals surface area contributed by atoms with Crippen molar-refractivity contribution in [3.05, 3.63) is 58.4 Å². The number of carbonyl (C=O) groups excluding carboxylic acids is 2. The van der Waals surface area contributed by atoms with E-state index < -0.39 is 11.3 Å². The van der Waals surface area contributed by atoms with E-state index >= 15 is 0 Å². The molecule has 35 heavy (non-hydrogen) atoms. The molecule has 1 aromatic carbocycles. The van der Waals surface area contributed by atoms with Crippen molar-refractivity contribution in [1.29, 1.82) is 0 Å². The van der Waals surface area contributed by atoms with Gasteiger partial charge < -0.3 is 20.5 Å². The van der Waals surface area contributed by atoms with E-state index in [9.17, 15) is 9.59 Å². The summed E-state index contributed by atoms with van der Waals surface area (Å²) in [6.07, 6.45) is 8.12. The van der Waals surface area contributed by atoms with E-state index in [1.165, 1.54) is 32.4 Å². The van der Waals surface area contributed by atoms with Crippen LogP contribution in [0.1, 0.15) is 83.5 Å². The Labute approximate surface area is 205 Å². The maximum atomic E-state index is 13.6. The molecule has 7 nitrogen and oxygen atoms in total. The van der Waals surface area contributed by atoms with Crippen molar-refractivity contribution in [2.24, 2.45) is 5.73 Å². The second-order valence-electron chi connectivity index (χ2n) is 10.9. The minimum absolute atomic E-state index is 0.0183. The Morgan fingerprint density at radius 3 is 2.54 bits per heavy atom. The zero-order valence-electron chi connectivity index (χ0n) is 20.6. The Morgan fingerprint density at radius 2 is 1.83 bits per heavy atom. The van der Waals surface area contributed by atoms with Gasteiger partial charge in [0.2, 0.25) is 5.91 Å². The molecule has 0 bridgehead atoms. The van der Waals surface area contributed by atoms with Crippen LogP contribution in [0.4, 0.5) is 5.82 Å². The van der Waals surface area contributed by atoms with Gasteiger partial charge in [0, 0.05) is 58.5 Å². The first-order chi connectivity index (χ1) is 16.8. The number of amides is 1. The van der Waals surface area contributed by atoms with E-state index in [2.05, 4.69) is 34.7 Å². The molecule has 2 saturated heterocycles. The number of benzene rings is 1. The van der Waals surface area contributed by atoms with E-state index in [1.807, 2.05) is 6.07 Å². The molecule has 6 rings (SSSR count). The Balaban J connectivity index is 1.31. The number of primary amides is 1. The number of nitrogens with zero attached hydrogens (tertiary/aromatic N) is 3. The fourth-order valence-corrected chi connectivity index (χ4v) is 6.38. The minimum atomic E-state index is -0.480. The van der Waals surface area contributed by atoms with Crippen molar-refractivity contribution in [2.75, 3.05) is 31.1 Å². The molecule has 3 N–H and O–H groups in total. The van der Waals surface area contributed by atoms with E-state index in [0.29, 0.717) is 22.7 Å². The third-order valence-corrected chi connectivity index (χ3v) is 8.44. The molecule has 2 fully saturated rings. The molecule has 1 amide bonds. The number of aromatic amines is 1. The molecule has 2 aromatic heterocycles. The number of hydrogen-bond acceptors (Lipinski definition) is 5. The topological polar surface area (TPSA) is 95.3 Å². The van der Waals surface area contributed by atoms with Gasteiger partial charge in [-0.15, -0.1) is 0 Å². The second kappa shape index (κ2) is 8.19. The van der Waals surface area contributed by atoms with Crippen molar-refractivity contribution in [2.45, 2.75) is 57.4 Å². The number of nitrogens with one attached hydrogen (secondary N) is 1. The third-order valence-electron chi connectivity index (χ3n) is 8.44. The van der Waals surface area contributed by atoms with Gasteiger partial charge in [-0.3, -0.25) is 9.59 Å². The number of ketones is 1. The molecule has 3 aliphatic rings. The quantitative estimate of drug-likeness (QED) is 0.602. The fourth-order valence-electron chi connectivity index (χ4n) is 6.38. The van der Waals surface area contributed by atoms with Crippen LogP contribution in [0.15, 0.2) is 30.5 Å². The molecule has 0 saturated carbocycles. The molecule has 2 aliphatic heterocycles. The zero-order chi connectivity index (χ0) is 24.3. The lowest BCUT2D eigenvalue weighted by Gasteiger charge is -2.41. The van der Waals surface area contributed by atoms with Crippen molar-refractivity contribution >= 4 is 28.4 Å². The van der Waals surface area contributed by atoms with Crippen LogP contribution >= 0.6 is 0 Å². The number of aromatic nitrogens is 2. The summed E-state index contributed by atoms with van der Waals surface area (Å²) >= 11 is 0. The summed E-state index contributed by atoms with van der Waals surface area (Å²) in [5, 5.41) is 0.817. The lowest BCUT2D eigenvalue weighted by atomic mass is 9.72. The average Bonchev–Trinajstić information content (AvgIpc) is 3.28. The highest BCUT2D eigenvalue weighted by atomic mass is 16.1. The van der Waals surface area contributed by atoms with Crippen molar-refractivity contribution in [3.63, 3.8) is 0 Å². The summed E-state index contributed by atoms with van der Waals surface area (Å²) < 4.78 is 0. The van der Waals surface area contributed by atoms with Crippen LogP contribution in [0, 0.1) is 0 Å². The number of H-pyrrole nitrogens is 1. The van der Waals surface area contributed by atoms with Crippen LogP contribution in [0.3, 0.4) is 0 Å². The molecule has 0 spiro atoms. The normalized spacial score (nSPS) is 20.6. The van der Waals surface area contributed by atoms with E-state index in [0.717, 1.165) is 53.9 Å². The highest BCUT2D eigenvalue weighted by molar-refractivity contribution is 6.20. The van der Waals surface area contributed by atoms with Crippen LogP contribution in [0.5, 0.6) is 0 Å². The number of fused-ring (bicyclic) bond motifs is 4. The largest absolute Gasteiger partial charge is 0.366 e. The van der Waals surface area contributed by atoms with E-state index in [1.54, 1.807) is 18.3 Å². The number of rotatable bonds is 3. The van der Waals surface area contributed by atoms with Gasteiger partial charge in [0.15, 0.2) is 5.78 Å². The Hall–Kier alpha value is -3.19. The van der Waals surface area contributed by atoms with Crippen LogP contribution in [0.2, 0.25) is 0 Å². The average molecular weight is 472 g/mol. The molecule has 4 heterocycles. The van der Waals surface area contributed by atoms with Crippen LogP contribution in [-0.2, 0) is 5.41 Å². The summed E-state index contributed by atoms with van der Waals surface area (Å²) in [7, 11) is 0. The van der Waals surface area contributed by atoms with Gasteiger partial charge in [-0.2, -0.15) is 0 Å². The molecule has 7 heteroatoms. The number of piperidine rings is 2. The standard InChI is InChI=1S/C28H33N5O2/c1-28(2)21-15-23(33-12-8-18(9-13-33)32-10-4-3-5-11-32)30-16-20(21)25(34)24-19-7-6-17(27(29)35)14-22(19)31-26(24)28/h6-7,14-16,18,31H,3-5,8-13H2,1-2H3,(H2,29,35). The Morgan fingerprint density at radius 1 is 1.09 bits per heavy atom. The van der Waals surface area contributed by atoms with Crippen LogP contribution < -0.4 is 10.6 Å². The minimum Gasteiger partial charge on any atom is -0.366 e. The molecule has 182 valence electrons. The highest BCUT2D eigenvalue weighted by Gasteiger charge is 2.40. The summed E-state index contributed by atoms with van der Waals surface area (Å²) in [5.74, 6) is 0.457. The summed E-state index contributed by atoms with van der Waals surface area (Å²) in [6.45, 7) is 8.77. The number of pyridine rings is 1. The SMILES string of the molecule is CC1(C)c2cc(N3CCC(N4CCCCC4)CC3)ncc2C(=O)c2c1[nH]c1cc(C(N)=O)ccc21. The van der Waals surface area contributed by atoms with Gasteiger partial charge in [-0.05, 0) is 62.5 Å². The van der Waals surface area contributed by atoms with Crippen LogP contribution in [-0.4, -0.2) is 58.8 Å². The monoisotopic (exact) mass is 471 g/mol. The van der Waals surface area contributed by atoms with Gasteiger partial charge in [-0.25, -0.2) is 4.98 Å². The first-order valence-electron chi connectivity index (χ1n) is 12.8. The van der Waals surface area contributed by atoms with Gasteiger partial charge in [-0.1, -0.05) is 26.3 Å². The van der Waals surface area contributed by atoms with Crippen molar-refractivity contribution in [3.8, 4) is 0 Å². The van der Waals surface area contributed by atoms with Gasteiger partial charge in [0.25, 0.3) is 0 Å². The maximum Gasteiger partial charge on any atom is 0.248 e. The lowest BCUT2D eigenvalue weighted by molar-refractivity contribution is 0.0998. The molecule has 1 aliphatic carbocycles. The second-order valence-corrected chi connectivity index (χ2v) is 10.9. The maximum absolute atomic E-state index is 13.6. The summed E-state index contributed by atoms with van der Waals surface area (Å²) in [6, 6.07) is 8.04. The lowest BCUT2D eigenvalue weighted by Crippen LogP contribution is -2.47. The number of carbonyl (C=O) groups is 2. The molecular formula is C28H33N5O2. The van der Waals surface area contributed by atoms with Gasteiger partial charge >= 0.3 is 0 Å². The molecule has 3 aromatic rings. The molecule has 0 unspecified atom stereocenters. The predicted molar refractivity (Wildman–Crippen MR) is 137 cm³/mol. The molecule has 0 atom stereocenters. The fraction of sp³-hybridized carbons (Fsp3) is 0.464. The number of hydrogen-bond donors (Lipinski definition) is 2. The Kier molecular flexibility index (Phi) is 5.22. The molecule has 0 radical (unpaired) electrons. The summed E-state index contributed by atoms with van der Waals surface area (Å²) in [5.41, 5.74) is 9.47. The zero-order valence-corrected chi connectivity index (χ0v) is 20.6. The van der Waals surface area contributed by atoms with Crippen molar-refractivity contribution in [1.82, 2.24) is 14.9 Å². The van der Waals surface area contributed by atoms with Crippen LogP contribution in [0.25, 0.3) is 10.9 Å². The van der Waals surface area contributed by atoms with Gasteiger partial charge in [0.1, 0.15) is 5.82 Å². The third kappa shape index (κ3) is 3.56. The van der Waals surface area contributed by atoms with Crippen molar-refractivity contribution < 1.29 is 9.59 Å². The van der Waals surface area contributed by atoms with E-state index in [-0.39, 0.29) is 5.78 Å². The summed E-state index contributed by atoms with van der Waals surface area (Å²) in [4.78, 5) is 38.6. The predicted octanol–water partition coefficient (Wildman–Crippen LogP) is 3.99. The van der Waals surface area contributed by atoms with Gasteiger partial charge in [0.05, 0.1) is 5.56 Å². The number of nitrogens with two attached hydrogens (primary N) is 1. The number of anilines is 1. The molecular weight excluding hydrogens is 438 g/mol. The smallest absolute Gasteiger partial charge is 0.248 e. The first kappa shape index (κ1) is 22.3. The highest BCUT2D eigenvalue weighted by Crippen LogP contribution is 2.44. The van der Waals surface area contributed by atoms with E-state index in [4.69, 9.17) is 10.7 Å². The Bertz CT molecular complexity index is 1330. The number of likely N-dealkylation sites (tertiary alicyclic amines) is 1.